The molecule has 0 saturated carbocycles. The molecule has 0 rings (SSSR count). The number of hydrogen-bond donors (Lipinski definition) is 4. The van der Waals surface area contributed by atoms with Gasteiger partial charge in [0, 0.05) is 0 Å². The molecule has 0 saturated heterocycles. The molecule has 106 valence electrons. The molecule has 0 fully saturated rings. The van der Waals surface area contributed by atoms with E-state index in [1.807, 2.05) is 0 Å². The zero-order valence-corrected chi connectivity index (χ0v) is 15.3. The Kier molecular flexibility index (Phi) is 13.1. The quantitative estimate of drug-likeness (QED) is 0.264. The number of carboxylic acid groups (broad SMARTS) is 3. The van der Waals surface area contributed by atoms with Gasteiger partial charge in [0.2, 0.25) is 0 Å². The number of carbonyl (C=O) groups is 4. The molecule has 0 heterocycles. The standard InChI is InChI=1S/C9H12O9.2Na.2H/c1-4(7(13)14)18-6(12)3-9(17,8(15)16)2-5(10)11;;;;/h4,17H,2-3H2,1H3,(H,10,11)(H,13,14)(H,15,16);;;;/q;2*+1;2*-1. The molecule has 0 aromatic carbocycles. The van der Waals surface area contributed by atoms with Crippen LogP contribution in [0.2, 0.25) is 0 Å². The Morgan fingerprint density at radius 2 is 1.55 bits per heavy atom. The zero-order chi connectivity index (χ0) is 14.5. The average molecular weight is 312 g/mol. The molecule has 0 aliphatic carbocycles. The van der Waals surface area contributed by atoms with E-state index in [-0.39, 0.29) is 62.0 Å². The minimum atomic E-state index is -2.83. The molecule has 2 atom stereocenters. The van der Waals surface area contributed by atoms with Gasteiger partial charge in [0.25, 0.3) is 0 Å². The van der Waals surface area contributed by atoms with Gasteiger partial charge in [-0.3, -0.25) is 9.59 Å². The molecule has 0 bridgehead atoms. The first-order chi connectivity index (χ1) is 8.08. The van der Waals surface area contributed by atoms with Crippen LogP contribution in [0.5, 0.6) is 0 Å². The van der Waals surface area contributed by atoms with Crippen molar-refractivity contribution in [3.63, 3.8) is 0 Å². The largest absolute Gasteiger partial charge is 1.00 e. The maximum atomic E-state index is 11.2. The first kappa shape index (κ1) is 24.8. The molecule has 9 nitrogen and oxygen atoms in total. The number of ether oxygens (including phenoxy) is 1. The molecule has 4 N–H and O–H groups in total. The predicted octanol–water partition coefficient (Wildman–Crippen LogP) is -7.08. The maximum Gasteiger partial charge on any atom is 1.00 e. The van der Waals surface area contributed by atoms with E-state index in [0.717, 1.165) is 6.92 Å². The summed E-state index contributed by atoms with van der Waals surface area (Å²) in [6.45, 7) is 1.03. The second kappa shape index (κ2) is 10.6. The van der Waals surface area contributed by atoms with Crippen molar-refractivity contribution in [1.29, 1.82) is 0 Å². The van der Waals surface area contributed by atoms with Crippen LogP contribution in [0.15, 0.2) is 0 Å². The Bertz CT molecular complexity index is 393. The van der Waals surface area contributed by atoms with Crippen molar-refractivity contribution in [2.45, 2.75) is 31.5 Å². The van der Waals surface area contributed by atoms with E-state index in [0.29, 0.717) is 0 Å². The molecular formula is C9H14Na2O9. The maximum absolute atomic E-state index is 11.2. The predicted molar refractivity (Wildman–Crippen MR) is 54.9 cm³/mol. The molecular weight excluding hydrogens is 298 g/mol. The Balaban J connectivity index is -0.000000241. The molecule has 0 aliphatic heterocycles. The minimum absolute atomic E-state index is 0. The van der Waals surface area contributed by atoms with Gasteiger partial charge in [-0.05, 0) is 6.92 Å². The van der Waals surface area contributed by atoms with Gasteiger partial charge in [0.1, 0.15) is 0 Å². The Morgan fingerprint density at radius 3 is 1.85 bits per heavy atom. The first-order valence-electron chi connectivity index (χ1n) is 4.68. The zero-order valence-electron chi connectivity index (χ0n) is 13.3. The monoisotopic (exact) mass is 312 g/mol. The Morgan fingerprint density at radius 1 is 1.10 bits per heavy atom. The average Bonchev–Trinajstić information content (AvgIpc) is 2.14. The van der Waals surface area contributed by atoms with E-state index in [1.165, 1.54) is 0 Å². The number of carbonyl (C=O) groups excluding carboxylic acids is 1. The molecule has 0 aromatic heterocycles. The fraction of sp³-hybridized carbons (Fsp3) is 0.556. The third kappa shape index (κ3) is 8.90. The van der Waals surface area contributed by atoms with Crippen LogP contribution in [0.25, 0.3) is 0 Å². The van der Waals surface area contributed by atoms with Crippen LogP contribution < -0.4 is 59.1 Å². The molecule has 20 heavy (non-hydrogen) atoms. The molecule has 2 unspecified atom stereocenters. The van der Waals surface area contributed by atoms with E-state index in [4.69, 9.17) is 15.3 Å². The van der Waals surface area contributed by atoms with Gasteiger partial charge in [-0.2, -0.15) is 0 Å². The minimum Gasteiger partial charge on any atom is -1.00 e. The van der Waals surface area contributed by atoms with Crippen LogP contribution in [-0.2, 0) is 23.9 Å². The van der Waals surface area contributed by atoms with Crippen molar-refractivity contribution in [1.82, 2.24) is 0 Å². The van der Waals surface area contributed by atoms with Crippen molar-refractivity contribution < 1.29 is 106 Å². The van der Waals surface area contributed by atoms with Gasteiger partial charge in [-0.25, -0.2) is 9.59 Å². The van der Waals surface area contributed by atoms with Gasteiger partial charge in [0.05, 0.1) is 12.8 Å². The third-order valence-electron chi connectivity index (χ3n) is 1.93. The Hall–Kier alpha value is -0.160. The molecule has 0 aliphatic rings. The van der Waals surface area contributed by atoms with Crippen LogP contribution in [0.1, 0.15) is 22.6 Å². The van der Waals surface area contributed by atoms with Gasteiger partial charge in [-0.1, -0.05) is 0 Å². The van der Waals surface area contributed by atoms with Crippen LogP contribution in [0.4, 0.5) is 0 Å². The number of hydrogen-bond acceptors (Lipinski definition) is 6. The SMILES string of the molecule is CC(OC(=O)CC(O)(CC(=O)O)C(=O)O)C(=O)O.[H-].[H-].[Na+].[Na+]. The summed E-state index contributed by atoms with van der Waals surface area (Å²) in [5, 5.41) is 34.9. The second-order valence-corrected chi connectivity index (χ2v) is 3.55. The van der Waals surface area contributed by atoms with E-state index in [9.17, 15) is 24.3 Å². The topological polar surface area (TPSA) is 158 Å². The van der Waals surface area contributed by atoms with Crippen LogP contribution >= 0.6 is 0 Å². The summed E-state index contributed by atoms with van der Waals surface area (Å²) in [4.78, 5) is 42.6. The normalized spacial score (nSPS) is 13.7. The third-order valence-corrected chi connectivity index (χ3v) is 1.93. The number of aliphatic hydroxyl groups is 1. The van der Waals surface area contributed by atoms with E-state index in [2.05, 4.69) is 4.74 Å². The van der Waals surface area contributed by atoms with Crippen molar-refractivity contribution in [3.8, 4) is 0 Å². The first-order valence-corrected chi connectivity index (χ1v) is 4.68. The molecule has 0 aromatic rings. The smallest absolute Gasteiger partial charge is 1.00 e. The number of rotatable bonds is 7. The fourth-order valence-electron chi connectivity index (χ4n) is 0.992. The second-order valence-electron chi connectivity index (χ2n) is 3.55. The summed E-state index contributed by atoms with van der Waals surface area (Å²) >= 11 is 0. The van der Waals surface area contributed by atoms with Crippen molar-refractivity contribution in [2.75, 3.05) is 0 Å². The fourth-order valence-corrected chi connectivity index (χ4v) is 0.992. The number of carboxylic acids is 3. The van der Waals surface area contributed by atoms with Crippen molar-refractivity contribution in [2.24, 2.45) is 0 Å². The van der Waals surface area contributed by atoms with Crippen LogP contribution in [0, 0.1) is 0 Å². The molecule has 0 radical (unpaired) electrons. The van der Waals surface area contributed by atoms with E-state index < -0.39 is 48.4 Å². The molecule has 11 heteroatoms. The summed E-state index contributed by atoms with van der Waals surface area (Å²) in [5.74, 6) is -6.32. The van der Waals surface area contributed by atoms with Gasteiger partial charge >= 0.3 is 83.0 Å². The Labute approximate surface area is 160 Å². The van der Waals surface area contributed by atoms with Crippen LogP contribution in [-0.4, -0.2) is 56.0 Å². The number of esters is 1. The van der Waals surface area contributed by atoms with Crippen molar-refractivity contribution >= 4 is 23.9 Å². The van der Waals surface area contributed by atoms with Crippen LogP contribution in [0.3, 0.4) is 0 Å². The van der Waals surface area contributed by atoms with Crippen molar-refractivity contribution in [3.05, 3.63) is 0 Å². The van der Waals surface area contributed by atoms with E-state index >= 15 is 0 Å². The molecule has 0 spiro atoms. The van der Waals surface area contributed by atoms with Gasteiger partial charge < -0.3 is 28.0 Å². The summed E-state index contributed by atoms with van der Waals surface area (Å²) in [6.07, 6.45) is -3.90. The summed E-state index contributed by atoms with van der Waals surface area (Å²) in [6, 6.07) is 0. The molecule has 0 amide bonds. The van der Waals surface area contributed by atoms with E-state index in [1.54, 1.807) is 0 Å². The summed E-state index contributed by atoms with van der Waals surface area (Å²) < 4.78 is 4.28. The van der Waals surface area contributed by atoms with Gasteiger partial charge in [0.15, 0.2) is 11.7 Å². The number of aliphatic carboxylic acids is 3. The summed E-state index contributed by atoms with van der Waals surface area (Å²) in [7, 11) is 0. The summed E-state index contributed by atoms with van der Waals surface area (Å²) in [5.41, 5.74) is -2.83. The van der Waals surface area contributed by atoms with Gasteiger partial charge in [-0.15, -0.1) is 0 Å².